The molecule has 0 spiro atoms. The highest BCUT2D eigenvalue weighted by Crippen LogP contribution is 2.29. The van der Waals surface area contributed by atoms with Crippen molar-refractivity contribution in [3.8, 4) is 5.75 Å². The van der Waals surface area contributed by atoms with Gasteiger partial charge in [0, 0.05) is 12.1 Å². The van der Waals surface area contributed by atoms with Gasteiger partial charge in [-0.15, -0.1) is 0 Å². The Morgan fingerprint density at radius 3 is 2.39 bits per heavy atom. The molecule has 1 rings (SSSR count). The highest BCUT2D eigenvalue weighted by molar-refractivity contribution is 6.31. The molecule has 1 amide bonds. The number of rotatable bonds is 3. The van der Waals surface area contributed by atoms with Crippen LogP contribution >= 0.6 is 0 Å². The highest BCUT2D eigenvalue weighted by atomic mass is 16.5. The molecular formula is C13H17NO4. The van der Waals surface area contributed by atoms with Crippen molar-refractivity contribution < 1.29 is 19.4 Å². The number of hydrogen-bond acceptors (Lipinski definition) is 3. The SMILES string of the molecule is COc1c(C)c(C)cc(C)c1CNC(=O)C(=O)O. The van der Waals surface area contributed by atoms with Gasteiger partial charge in [0.25, 0.3) is 0 Å². The fourth-order valence-electron chi connectivity index (χ4n) is 1.84. The van der Waals surface area contributed by atoms with Gasteiger partial charge in [-0.1, -0.05) is 6.07 Å². The van der Waals surface area contributed by atoms with Crippen molar-refractivity contribution in [2.75, 3.05) is 7.11 Å². The van der Waals surface area contributed by atoms with Gasteiger partial charge in [-0.2, -0.15) is 0 Å². The van der Waals surface area contributed by atoms with E-state index < -0.39 is 11.9 Å². The summed E-state index contributed by atoms with van der Waals surface area (Å²) in [5, 5.41) is 10.9. The average molecular weight is 251 g/mol. The molecule has 0 aliphatic carbocycles. The summed E-state index contributed by atoms with van der Waals surface area (Å²) in [6.07, 6.45) is 0. The number of amides is 1. The second kappa shape index (κ2) is 5.53. The van der Waals surface area contributed by atoms with Gasteiger partial charge in [0.1, 0.15) is 5.75 Å². The molecule has 0 aliphatic heterocycles. The molecule has 0 radical (unpaired) electrons. The van der Waals surface area contributed by atoms with Crippen molar-refractivity contribution in [3.63, 3.8) is 0 Å². The van der Waals surface area contributed by atoms with Crippen molar-refractivity contribution in [1.29, 1.82) is 0 Å². The van der Waals surface area contributed by atoms with E-state index in [1.807, 2.05) is 26.8 Å². The van der Waals surface area contributed by atoms with Crippen LogP contribution in [0.2, 0.25) is 0 Å². The van der Waals surface area contributed by atoms with E-state index in [0.29, 0.717) is 5.75 Å². The van der Waals surface area contributed by atoms with Crippen LogP contribution in [0.4, 0.5) is 0 Å². The maximum atomic E-state index is 11.0. The lowest BCUT2D eigenvalue weighted by atomic mass is 9.99. The largest absolute Gasteiger partial charge is 0.496 e. The van der Waals surface area contributed by atoms with E-state index in [1.165, 1.54) is 0 Å². The number of carboxylic acid groups (broad SMARTS) is 1. The van der Waals surface area contributed by atoms with Gasteiger partial charge in [-0.25, -0.2) is 4.79 Å². The van der Waals surface area contributed by atoms with Crippen LogP contribution in [0.15, 0.2) is 6.07 Å². The van der Waals surface area contributed by atoms with Crippen LogP contribution in [0.1, 0.15) is 22.3 Å². The summed E-state index contributed by atoms with van der Waals surface area (Å²) < 4.78 is 5.33. The number of benzene rings is 1. The molecule has 2 N–H and O–H groups in total. The van der Waals surface area contributed by atoms with E-state index in [1.54, 1.807) is 7.11 Å². The lowest BCUT2D eigenvalue weighted by Gasteiger charge is -2.16. The molecular weight excluding hydrogens is 234 g/mol. The number of carbonyl (C=O) groups is 2. The maximum absolute atomic E-state index is 11.0. The van der Waals surface area contributed by atoms with Gasteiger partial charge in [-0.3, -0.25) is 4.79 Å². The molecule has 0 fully saturated rings. The number of nitrogens with one attached hydrogen (secondary N) is 1. The summed E-state index contributed by atoms with van der Waals surface area (Å²) in [4.78, 5) is 21.5. The van der Waals surface area contributed by atoms with Crippen LogP contribution < -0.4 is 10.1 Å². The van der Waals surface area contributed by atoms with Crippen molar-refractivity contribution in [1.82, 2.24) is 5.32 Å². The lowest BCUT2D eigenvalue weighted by molar-refractivity contribution is -0.150. The average Bonchev–Trinajstić information content (AvgIpc) is 2.31. The molecule has 0 aliphatic rings. The lowest BCUT2D eigenvalue weighted by Crippen LogP contribution is -2.30. The Labute approximate surface area is 106 Å². The maximum Gasteiger partial charge on any atom is 0.394 e. The Morgan fingerprint density at radius 1 is 1.28 bits per heavy atom. The Hall–Kier alpha value is -2.04. The molecule has 98 valence electrons. The van der Waals surface area contributed by atoms with E-state index in [9.17, 15) is 9.59 Å². The van der Waals surface area contributed by atoms with Gasteiger partial charge in [0.15, 0.2) is 0 Å². The fraction of sp³-hybridized carbons (Fsp3) is 0.385. The van der Waals surface area contributed by atoms with Crippen LogP contribution in [-0.2, 0) is 16.1 Å². The molecule has 0 unspecified atom stereocenters. The van der Waals surface area contributed by atoms with Gasteiger partial charge >= 0.3 is 11.9 Å². The number of ether oxygens (including phenoxy) is 1. The quantitative estimate of drug-likeness (QED) is 0.794. The van der Waals surface area contributed by atoms with Crippen LogP contribution in [-0.4, -0.2) is 24.1 Å². The molecule has 0 heterocycles. The molecule has 1 aromatic rings. The normalized spacial score (nSPS) is 10.0. The monoisotopic (exact) mass is 251 g/mol. The zero-order valence-corrected chi connectivity index (χ0v) is 11.0. The number of carbonyl (C=O) groups excluding carboxylic acids is 1. The summed E-state index contributed by atoms with van der Waals surface area (Å²) in [6, 6.07) is 1.99. The third kappa shape index (κ3) is 2.80. The Kier molecular flexibility index (Phi) is 4.31. The second-order valence-electron chi connectivity index (χ2n) is 4.13. The third-order valence-electron chi connectivity index (χ3n) is 2.94. The van der Waals surface area contributed by atoms with Gasteiger partial charge in [-0.05, 0) is 37.5 Å². The van der Waals surface area contributed by atoms with E-state index >= 15 is 0 Å². The highest BCUT2D eigenvalue weighted by Gasteiger charge is 2.15. The van der Waals surface area contributed by atoms with Crippen molar-refractivity contribution in [2.24, 2.45) is 0 Å². The predicted molar refractivity (Wildman–Crippen MR) is 66.7 cm³/mol. The zero-order valence-electron chi connectivity index (χ0n) is 11.0. The van der Waals surface area contributed by atoms with E-state index in [-0.39, 0.29) is 6.54 Å². The smallest absolute Gasteiger partial charge is 0.394 e. The van der Waals surface area contributed by atoms with E-state index in [0.717, 1.165) is 22.3 Å². The van der Waals surface area contributed by atoms with E-state index in [2.05, 4.69) is 5.32 Å². The van der Waals surface area contributed by atoms with Crippen molar-refractivity contribution in [2.45, 2.75) is 27.3 Å². The molecule has 0 saturated heterocycles. The topological polar surface area (TPSA) is 75.6 Å². The standard InChI is InChI=1S/C13H17NO4/c1-7-5-8(2)10(11(18-4)9(7)3)6-14-12(15)13(16)17/h5H,6H2,1-4H3,(H,14,15)(H,16,17). The predicted octanol–water partition coefficient (Wildman–Crippen LogP) is 1.32. The van der Waals surface area contributed by atoms with E-state index in [4.69, 9.17) is 9.84 Å². The summed E-state index contributed by atoms with van der Waals surface area (Å²) in [5.74, 6) is -1.82. The third-order valence-corrected chi connectivity index (χ3v) is 2.94. The minimum absolute atomic E-state index is 0.140. The summed E-state index contributed by atoms with van der Waals surface area (Å²) >= 11 is 0. The van der Waals surface area contributed by atoms with Crippen LogP contribution in [0, 0.1) is 20.8 Å². The number of aryl methyl sites for hydroxylation is 2. The van der Waals surface area contributed by atoms with Crippen LogP contribution in [0.25, 0.3) is 0 Å². The molecule has 0 saturated carbocycles. The second-order valence-corrected chi connectivity index (χ2v) is 4.13. The molecule has 5 heteroatoms. The van der Waals surface area contributed by atoms with Crippen molar-refractivity contribution >= 4 is 11.9 Å². The molecule has 5 nitrogen and oxygen atoms in total. The van der Waals surface area contributed by atoms with Gasteiger partial charge in [0.2, 0.25) is 0 Å². The summed E-state index contributed by atoms with van der Waals surface area (Å²) in [6.45, 7) is 5.94. The fourth-order valence-corrected chi connectivity index (χ4v) is 1.84. The van der Waals surface area contributed by atoms with Crippen LogP contribution in [0.5, 0.6) is 5.75 Å². The van der Waals surface area contributed by atoms with Crippen molar-refractivity contribution in [3.05, 3.63) is 28.3 Å². The number of aliphatic carboxylic acids is 1. The first-order valence-corrected chi connectivity index (χ1v) is 5.53. The molecule has 0 bridgehead atoms. The number of hydrogen-bond donors (Lipinski definition) is 2. The first-order valence-electron chi connectivity index (χ1n) is 5.53. The number of methoxy groups -OCH3 is 1. The van der Waals surface area contributed by atoms with Gasteiger partial charge in [0.05, 0.1) is 7.11 Å². The summed E-state index contributed by atoms with van der Waals surface area (Å²) in [5.41, 5.74) is 3.84. The molecule has 18 heavy (non-hydrogen) atoms. The molecule has 0 atom stereocenters. The Morgan fingerprint density at radius 2 is 1.89 bits per heavy atom. The zero-order chi connectivity index (χ0) is 13.9. The minimum Gasteiger partial charge on any atom is -0.496 e. The van der Waals surface area contributed by atoms with Crippen LogP contribution in [0.3, 0.4) is 0 Å². The Bertz CT molecular complexity index is 494. The molecule has 0 aromatic heterocycles. The molecule has 1 aromatic carbocycles. The number of carboxylic acids is 1. The summed E-state index contributed by atoms with van der Waals surface area (Å²) in [7, 11) is 1.56. The first-order chi connectivity index (χ1) is 8.38. The minimum atomic E-state index is -1.49. The van der Waals surface area contributed by atoms with Gasteiger partial charge < -0.3 is 15.2 Å². The first kappa shape index (κ1) is 14.0. The Balaban J connectivity index is 3.05.